The molecule has 70 valence electrons. The van der Waals surface area contributed by atoms with Crippen molar-refractivity contribution < 1.29 is 0 Å². The Bertz CT molecular complexity index is 634. The van der Waals surface area contributed by atoms with Crippen LogP contribution in [0.25, 0.3) is 22.9 Å². The van der Waals surface area contributed by atoms with Crippen LogP contribution in [-0.4, -0.2) is 0 Å². The first-order valence-corrected chi connectivity index (χ1v) is 5.07. The molecule has 15 heavy (non-hydrogen) atoms. The Morgan fingerprint density at radius 1 is 1.00 bits per heavy atom. The summed E-state index contributed by atoms with van der Waals surface area (Å²) in [5.74, 6) is 6.11. The molecule has 0 radical (unpaired) electrons. The van der Waals surface area contributed by atoms with Gasteiger partial charge in [-0.05, 0) is 34.9 Å². The molecule has 0 nitrogen and oxygen atoms in total. The van der Waals surface area contributed by atoms with Crippen molar-refractivity contribution in [1.82, 2.24) is 0 Å². The highest BCUT2D eigenvalue weighted by atomic mass is 14.1. The van der Waals surface area contributed by atoms with Gasteiger partial charge in [0.05, 0.1) is 0 Å². The van der Waals surface area contributed by atoms with Gasteiger partial charge in [-0.1, -0.05) is 42.3 Å². The predicted molar refractivity (Wildman–Crippen MR) is 65.4 cm³/mol. The molecule has 0 fully saturated rings. The minimum atomic E-state index is 1.13. The Labute approximate surface area is 89.2 Å². The van der Waals surface area contributed by atoms with Gasteiger partial charge >= 0.3 is 0 Å². The third-order valence-electron chi connectivity index (χ3n) is 2.81. The van der Waals surface area contributed by atoms with Gasteiger partial charge in [-0.15, -0.1) is 5.92 Å². The molecule has 0 amide bonds. The van der Waals surface area contributed by atoms with Gasteiger partial charge in [-0.2, -0.15) is 0 Å². The highest BCUT2D eigenvalue weighted by Gasteiger charge is 2.10. The van der Waals surface area contributed by atoms with E-state index in [0.29, 0.717) is 0 Å². The average molecular weight is 190 g/mol. The van der Waals surface area contributed by atoms with Gasteiger partial charge in [-0.3, -0.25) is 0 Å². The molecule has 0 saturated carbocycles. The van der Waals surface area contributed by atoms with E-state index in [1.54, 1.807) is 0 Å². The van der Waals surface area contributed by atoms with Crippen LogP contribution in [0.3, 0.4) is 0 Å². The van der Waals surface area contributed by atoms with Crippen molar-refractivity contribution in [2.75, 3.05) is 0 Å². The Morgan fingerprint density at radius 2 is 1.93 bits per heavy atom. The largest absolute Gasteiger partial charge is 0.101 e. The van der Waals surface area contributed by atoms with E-state index in [0.717, 1.165) is 5.56 Å². The average Bonchev–Trinajstić information content (AvgIpc) is 2.69. The van der Waals surface area contributed by atoms with E-state index in [1.165, 1.54) is 21.9 Å². The number of rotatable bonds is 0. The summed E-state index contributed by atoms with van der Waals surface area (Å²) in [7, 11) is 0. The van der Waals surface area contributed by atoms with Gasteiger partial charge in [0.15, 0.2) is 0 Å². The maximum absolute atomic E-state index is 3.15. The van der Waals surface area contributed by atoms with Crippen LogP contribution in [0.2, 0.25) is 0 Å². The molecule has 0 aliphatic heterocycles. The van der Waals surface area contributed by atoms with E-state index in [9.17, 15) is 0 Å². The molecular weight excluding hydrogens is 180 g/mol. The second kappa shape index (κ2) is 3.00. The molecule has 1 aliphatic carbocycles. The Morgan fingerprint density at radius 3 is 2.80 bits per heavy atom. The number of hydrogen-bond acceptors (Lipinski definition) is 0. The van der Waals surface area contributed by atoms with Crippen LogP contribution in [-0.2, 0) is 0 Å². The fraction of sp³-hybridized carbons (Fsp3) is 0.0667. The van der Waals surface area contributed by atoms with Crippen molar-refractivity contribution in [3.8, 4) is 11.8 Å². The van der Waals surface area contributed by atoms with E-state index in [1.807, 2.05) is 6.92 Å². The van der Waals surface area contributed by atoms with Gasteiger partial charge < -0.3 is 0 Å². The Kier molecular flexibility index (Phi) is 1.66. The maximum Gasteiger partial charge on any atom is 0.0324 e. The highest BCUT2D eigenvalue weighted by molar-refractivity contribution is 6.06. The fourth-order valence-electron chi connectivity index (χ4n) is 2.17. The van der Waals surface area contributed by atoms with Crippen LogP contribution in [0.1, 0.15) is 23.6 Å². The van der Waals surface area contributed by atoms with Crippen LogP contribution in [0, 0.1) is 11.8 Å². The number of benzene rings is 2. The quantitative estimate of drug-likeness (QED) is 0.474. The Balaban J connectivity index is 2.48. The molecule has 2 aromatic rings. The first kappa shape index (κ1) is 8.32. The monoisotopic (exact) mass is 190 g/mol. The molecule has 0 unspecified atom stereocenters. The summed E-state index contributed by atoms with van der Waals surface area (Å²) in [4.78, 5) is 0. The summed E-state index contributed by atoms with van der Waals surface area (Å²) in [6.07, 6.45) is 4.33. The van der Waals surface area contributed by atoms with E-state index in [2.05, 4.69) is 54.3 Å². The van der Waals surface area contributed by atoms with Crippen molar-refractivity contribution in [3.05, 3.63) is 47.0 Å². The van der Waals surface area contributed by atoms with Crippen molar-refractivity contribution in [2.24, 2.45) is 0 Å². The van der Waals surface area contributed by atoms with Gasteiger partial charge in [0, 0.05) is 5.56 Å². The summed E-state index contributed by atoms with van der Waals surface area (Å²) in [6.45, 7) is 1.88. The minimum Gasteiger partial charge on any atom is -0.101 e. The summed E-state index contributed by atoms with van der Waals surface area (Å²) in [6, 6.07) is 10.7. The molecule has 3 rings (SSSR count). The predicted octanol–water partition coefficient (Wildman–Crippen LogP) is 3.70. The minimum absolute atomic E-state index is 1.13. The molecule has 0 N–H and O–H groups in total. The first-order chi connectivity index (χ1) is 7.40. The lowest BCUT2D eigenvalue weighted by molar-refractivity contribution is 1.66. The fourth-order valence-corrected chi connectivity index (χ4v) is 2.17. The normalized spacial score (nSPS) is 11.5. The molecule has 0 aromatic heterocycles. The molecule has 0 atom stereocenters. The topological polar surface area (TPSA) is 0 Å². The van der Waals surface area contributed by atoms with Crippen LogP contribution in [0.15, 0.2) is 30.3 Å². The standard InChI is InChI=1S/C15H10/c1-2-4-11-7-8-12-5-3-6-13-9-10-14(11)15(12)13/h3,5-10H,1H3. The zero-order valence-electron chi connectivity index (χ0n) is 8.54. The highest BCUT2D eigenvalue weighted by Crippen LogP contribution is 2.32. The van der Waals surface area contributed by atoms with Crippen molar-refractivity contribution in [3.63, 3.8) is 0 Å². The zero-order chi connectivity index (χ0) is 10.3. The molecule has 0 saturated heterocycles. The second-order valence-electron chi connectivity index (χ2n) is 3.68. The third-order valence-corrected chi connectivity index (χ3v) is 2.81. The molecule has 0 bridgehead atoms. The first-order valence-electron chi connectivity index (χ1n) is 5.07. The molecular formula is C15H10. The van der Waals surface area contributed by atoms with E-state index >= 15 is 0 Å². The van der Waals surface area contributed by atoms with Crippen LogP contribution in [0.5, 0.6) is 0 Å². The van der Waals surface area contributed by atoms with E-state index in [4.69, 9.17) is 0 Å². The van der Waals surface area contributed by atoms with E-state index in [-0.39, 0.29) is 0 Å². The third kappa shape index (κ3) is 1.10. The Hall–Kier alpha value is -2.00. The summed E-state index contributed by atoms with van der Waals surface area (Å²) >= 11 is 0. The SMILES string of the molecule is CC#Cc1ccc2cccc3c2c1C=C3. The van der Waals surface area contributed by atoms with E-state index < -0.39 is 0 Å². The smallest absolute Gasteiger partial charge is 0.0324 e. The van der Waals surface area contributed by atoms with Crippen LogP contribution < -0.4 is 0 Å². The molecule has 0 heteroatoms. The second-order valence-corrected chi connectivity index (χ2v) is 3.68. The van der Waals surface area contributed by atoms with Crippen molar-refractivity contribution in [1.29, 1.82) is 0 Å². The van der Waals surface area contributed by atoms with Crippen LogP contribution in [0.4, 0.5) is 0 Å². The van der Waals surface area contributed by atoms with Gasteiger partial charge in [0.1, 0.15) is 0 Å². The summed E-state index contributed by atoms with van der Waals surface area (Å²) < 4.78 is 0. The zero-order valence-corrected chi connectivity index (χ0v) is 8.54. The van der Waals surface area contributed by atoms with Crippen LogP contribution >= 0.6 is 0 Å². The van der Waals surface area contributed by atoms with Gasteiger partial charge in [-0.25, -0.2) is 0 Å². The number of hydrogen-bond donors (Lipinski definition) is 0. The van der Waals surface area contributed by atoms with Crippen molar-refractivity contribution >= 4 is 22.9 Å². The van der Waals surface area contributed by atoms with Crippen molar-refractivity contribution in [2.45, 2.75) is 6.92 Å². The molecule has 0 heterocycles. The lowest BCUT2D eigenvalue weighted by Gasteiger charge is -2.03. The maximum atomic E-state index is 3.15. The molecule has 2 aromatic carbocycles. The molecule has 1 aliphatic rings. The molecule has 0 spiro atoms. The van der Waals surface area contributed by atoms with Gasteiger partial charge in [0.2, 0.25) is 0 Å². The lowest BCUT2D eigenvalue weighted by atomic mass is 10.00. The van der Waals surface area contributed by atoms with Gasteiger partial charge in [0.25, 0.3) is 0 Å². The summed E-state index contributed by atoms with van der Waals surface area (Å²) in [5.41, 5.74) is 3.71. The summed E-state index contributed by atoms with van der Waals surface area (Å²) in [5, 5.41) is 2.65. The lowest BCUT2D eigenvalue weighted by Crippen LogP contribution is -1.83.